The molecule has 1 unspecified atom stereocenters. The lowest BCUT2D eigenvalue weighted by Gasteiger charge is -2.24. The summed E-state index contributed by atoms with van der Waals surface area (Å²) >= 11 is 9.57. The summed E-state index contributed by atoms with van der Waals surface area (Å²) in [5.74, 6) is 0. The van der Waals surface area contributed by atoms with E-state index in [1.165, 1.54) is 11.1 Å². The molecule has 0 bridgehead atoms. The SMILES string of the molecule is Clc1ccc(C2CC(c3ccccc3)=NN2c2ccc(Br)cc2)cc1. The van der Waals surface area contributed by atoms with Gasteiger partial charge in [-0.15, -0.1) is 0 Å². The first-order chi connectivity index (χ1) is 12.2. The average Bonchev–Trinajstić information content (AvgIpc) is 3.09. The van der Waals surface area contributed by atoms with Crippen molar-refractivity contribution >= 4 is 38.9 Å². The molecular weight excluding hydrogens is 396 g/mol. The standard InChI is InChI=1S/C21H16BrClN2/c22-17-8-12-19(13-9-17)25-21(16-6-10-18(23)11-7-16)14-20(24-25)15-4-2-1-3-5-15/h1-13,21H,14H2. The van der Waals surface area contributed by atoms with Crippen LogP contribution in [0.1, 0.15) is 23.6 Å². The number of benzene rings is 3. The Morgan fingerprint density at radius 3 is 2.24 bits per heavy atom. The van der Waals surface area contributed by atoms with Crippen LogP contribution in [0.25, 0.3) is 0 Å². The van der Waals surface area contributed by atoms with E-state index < -0.39 is 0 Å². The maximum absolute atomic E-state index is 6.07. The highest BCUT2D eigenvalue weighted by molar-refractivity contribution is 9.10. The van der Waals surface area contributed by atoms with E-state index in [0.29, 0.717) is 0 Å². The van der Waals surface area contributed by atoms with Crippen molar-refractivity contribution in [1.29, 1.82) is 0 Å². The van der Waals surface area contributed by atoms with Crippen molar-refractivity contribution in [1.82, 2.24) is 0 Å². The van der Waals surface area contributed by atoms with Gasteiger partial charge in [-0.25, -0.2) is 0 Å². The minimum absolute atomic E-state index is 0.161. The van der Waals surface area contributed by atoms with Crippen LogP contribution in [-0.4, -0.2) is 5.71 Å². The molecule has 0 aliphatic carbocycles. The van der Waals surface area contributed by atoms with E-state index in [1.54, 1.807) is 0 Å². The van der Waals surface area contributed by atoms with Crippen LogP contribution in [0.3, 0.4) is 0 Å². The Morgan fingerprint density at radius 1 is 0.880 bits per heavy atom. The molecule has 3 aromatic rings. The summed E-state index contributed by atoms with van der Waals surface area (Å²) in [6.07, 6.45) is 0.863. The second-order valence-electron chi connectivity index (χ2n) is 6.01. The lowest BCUT2D eigenvalue weighted by Crippen LogP contribution is -2.18. The summed E-state index contributed by atoms with van der Waals surface area (Å²) in [6, 6.07) is 26.8. The van der Waals surface area contributed by atoms with Gasteiger partial charge in [0.2, 0.25) is 0 Å². The van der Waals surface area contributed by atoms with Gasteiger partial charge in [0.1, 0.15) is 0 Å². The van der Waals surface area contributed by atoms with Crippen molar-refractivity contribution < 1.29 is 0 Å². The van der Waals surface area contributed by atoms with Crippen molar-refractivity contribution in [3.63, 3.8) is 0 Å². The molecule has 0 aromatic heterocycles. The Labute approximate surface area is 160 Å². The molecule has 0 saturated heterocycles. The van der Waals surface area contributed by atoms with Crippen LogP contribution in [0, 0.1) is 0 Å². The van der Waals surface area contributed by atoms with Gasteiger partial charge in [-0.1, -0.05) is 70.0 Å². The third-order valence-electron chi connectivity index (χ3n) is 4.36. The van der Waals surface area contributed by atoms with Gasteiger partial charge in [0.05, 0.1) is 17.4 Å². The van der Waals surface area contributed by atoms with E-state index >= 15 is 0 Å². The smallest absolute Gasteiger partial charge is 0.0831 e. The lowest BCUT2D eigenvalue weighted by atomic mass is 9.98. The fourth-order valence-corrected chi connectivity index (χ4v) is 3.48. The first kappa shape index (κ1) is 16.4. The van der Waals surface area contributed by atoms with Crippen LogP contribution in [0.4, 0.5) is 5.69 Å². The van der Waals surface area contributed by atoms with Crippen LogP contribution >= 0.6 is 27.5 Å². The highest BCUT2D eigenvalue weighted by Crippen LogP contribution is 2.37. The predicted octanol–water partition coefficient (Wildman–Crippen LogP) is 6.46. The van der Waals surface area contributed by atoms with Gasteiger partial charge in [-0.2, -0.15) is 5.10 Å². The number of rotatable bonds is 3. The first-order valence-electron chi connectivity index (χ1n) is 8.14. The Hall–Kier alpha value is -2.10. The van der Waals surface area contributed by atoms with Gasteiger partial charge >= 0.3 is 0 Å². The van der Waals surface area contributed by atoms with E-state index in [4.69, 9.17) is 16.7 Å². The number of hydrogen-bond donors (Lipinski definition) is 0. The van der Waals surface area contributed by atoms with E-state index in [0.717, 1.165) is 27.3 Å². The highest BCUT2D eigenvalue weighted by Gasteiger charge is 2.29. The summed E-state index contributed by atoms with van der Waals surface area (Å²) in [6.45, 7) is 0. The second kappa shape index (κ2) is 7.03. The number of hydrazone groups is 1. The molecule has 0 amide bonds. The van der Waals surface area contributed by atoms with Crippen LogP contribution < -0.4 is 5.01 Å². The molecule has 124 valence electrons. The van der Waals surface area contributed by atoms with E-state index in [1.807, 2.05) is 30.3 Å². The van der Waals surface area contributed by atoms with Gasteiger partial charge in [-0.05, 0) is 47.5 Å². The lowest BCUT2D eigenvalue weighted by molar-refractivity contribution is 0.709. The second-order valence-corrected chi connectivity index (χ2v) is 7.36. The van der Waals surface area contributed by atoms with Crippen molar-refractivity contribution in [2.75, 3.05) is 5.01 Å². The zero-order valence-electron chi connectivity index (χ0n) is 13.4. The number of anilines is 1. The predicted molar refractivity (Wildman–Crippen MR) is 108 cm³/mol. The van der Waals surface area contributed by atoms with Gasteiger partial charge in [0.25, 0.3) is 0 Å². The Kier molecular flexibility index (Phi) is 4.60. The van der Waals surface area contributed by atoms with E-state index in [9.17, 15) is 0 Å². The molecule has 1 atom stereocenters. The molecular formula is C21H16BrClN2. The molecule has 3 aromatic carbocycles. The highest BCUT2D eigenvalue weighted by atomic mass is 79.9. The average molecular weight is 412 g/mol. The van der Waals surface area contributed by atoms with Crippen molar-refractivity contribution in [2.45, 2.75) is 12.5 Å². The topological polar surface area (TPSA) is 15.6 Å². The van der Waals surface area contributed by atoms with Crippen LogP contribution in [0.2, 0.25) is 5.02 Å². The number of halogens is 2. The van der Waals surface area contributed by atoms with E-state index in [-0.39, 0.29) is 6.04 Å². The van der Waals surface area contributed by atoms with Crippen LogP contribution in [-0.2, 0) is 0 Å². The van der Waals surface area contributed by atoms with Gasteiger partial charge in [-0.3, -0.25) is 5.01 Å². The molecule has 4 heteroatoms. The van der Waals surface area contributed by atoms with Crippen LogP contribution in [0.5, 0.6) is 0 Å². The van der Waals surface area contributed by atoms with Gasteiger partial charge < -0.3 is 0 Å². The maximum Gasteiger partial charge on any atom is 0.0831 e. The third kappa shape index (κ3) is 3.48. The first-order valence-corrected chi connectivity index (χ1v) is 9.31. The third-order valence-corrected chi connectivity index (χ3v) is 5.14. The molecule has 0 fully saturated rings. The zero-order valence-corrected chi connectivity index (χ0v) is 15.8. The molecule has 0 saturated carbocycles. The summed E-state index contributed by atoms with van der Waals surface area (Å²) in [5.41, 5.74) is 4.56. The molecule has 0 N–H and O–H groups in total. The Balaban J connectivity index is 1.74. The molecule has 1 aliphatic rings. The Bertz CT molecular complexity index is 889. The maximum atomic E-state index is 6.07. The summed E-state index contributed by atoms with van der Waals surface area (Å²) in [4.78, 5) is 0. The fraction of sp³-hybridized carbons (Fsp3) is 0.0952. The molecule has 4 rings (SSSR count). The fourth-order valence-electron chi connectivity index (χ4n) is 3.09. The normalized spacial score (nSPS) is 16.8. The van der Waals surface area contributed by atoms with E-state index in [2.05, 4.69) is 69.5 Å². The molecule has 25 heavy (non-hydrogen) atoms. The quantitative estimate of drug-likeness (QED) is 0.483. The molecule has 1 heterocycles. The van der Waals surface area contributed by atoms with Gasteiger partial charge in [0.15, 0.2) is 0 Å². The van der Waals surface area contributed by atoms with Crippen LogP contribution in [0.15, 0.2) is 88.4 Å². The minimum Gasteiger partial charge on any atom is -0.257 e. The largest absolute Gasteiger partial charge is 0.257 e. The number of hydrogen-bond acceptors (Lipinski definition) is 2. The summed E-state index contributed by atoms with van der Waals surface area (Å²) < 4.78 is 1.06. The van der Waals surface area contributed by atoms with Crippen molar-refractivity contribution in [3.05, 3.63) is 99.5 Å². The molecule has 0 spiro atoms. The molecule has 1 aliphatic heterocycles. The van der Waals surface area contributed by atoms with Gasteiger partial charge in [0, 0.05) is 15.9 Å². The van der Waals surface area contributed by atoms with Crippen molar-refractivity contribution in [3.8, 4) is 0 Å². The summed E-state index contributed by atoms with van der Waals surface area (Å²) in [7, 11) is 0. The number of nitrogens with zero attached hydrogens (tertiary/aromatic N) is 2. The van der Waals surface area contributed by atoms with Crippen molar-refractivity contribution in [2.24, 2.45) is 5.10 Å². The Morgan fingerprint density at radius 2 is 1.56 bits per heavy atom. The monoisotopic (exact) mass is 410 g/mol. The molecule has 2 nitrogen and oxygen atoms in total. The zero-order chi connectivity index (χ0) is 17.2. The molecule has 0 radical (unpaired) electrons. The minimum atomic E-state index is 0.161. The summed E-state index contributed by atoms with van der Waals surface area (Å²) in [5, 5.41) is 7.80.